The van der Waals surface area contributed by atoms with Crippen LogP contribution in [-0.4, -0.2) is 67.2 Å². The molecule has 2 aliphatic heterocycles. The van der Waals surface area contributed by atoms with Crippen LogP contribution in [0, 0.1) is 0 Å². The van der Waals surface area contributed by atoms with Gasteiger partial charge in [-0.25, -0.2) is 4.98 Å². The standard InChI is InChI=1S/C28H29N3O3S/c1-35-23-9-10-25-24(19-23)26(30-14-16-34-17-15-30)18-22(29-25)8-11-27(32)20-4-6-21(7-5-20)28(33)31-12-2-3-13-31/h4-11,18-19H,2-3,12-17H2,1H3. The van der Waals surface area contributed by atoms with Crippen LogP contribution in [0.1, 0.15) is 39.3 Å². The Morgan fingerprint density at radius 3 is 2.37 bits per heavy atom. The van der Waals surface area contributed by atoms with Crippen LogP contribution in [-0.2, 0) is 4.74 Å². The van der Waals surface area contributed by atoms with Gasteiger partial charge in [0.05, 0.1) is 24.4 Å². The van der Waals surface area contributed by atoms with Crippen LogP contribution in [0.5, 0.6) is 0 Å². The number of nitrogens with zero attached hydrogens (tertiary/aromatic N) is 3. The second-order valence-electron chi connectivity index (χ2n) is 8.82. The molecule has 2 aromatic carbocycles. The molecule has 0 N–H and O–H groups in total. The predicted octanol–water partition coefficient (Wildman–Crippen LogP) is 4.93. The van der Waals surface area contributed by atoms with Crippen molar-refractivity contribution in [3.05, 3.63) is 71.4 Å². The topological polar surface area (TPSA) is 62.7 Å². The van der Waals surface area contributed by atoms with Crippen molar-refractivity contribution in [2.45, 2.75) is 17.7 Å². The van der Waals surface area contributed by atoms with Gasteiger partial charge in [0.15, 0.2) is 5.78 Å². The number of hydrogen-bond donors (Lipinski definition) is 0. The highest BCUT2D eigenvalue weighted by molar-refractivity contribution is 7.98. The molecule has 5 rings (SSSR count). The first kappa shape index (κ1) is 23.6. The van der Waals surface area contributed by atoms with Gasteiger partial charge >= 0.3 is 0 Å². The summed E-state index contributed by atoms with van der Waals surface area (Å²) in [6.07, 6.45) is 7.52. The number of fused-ring (bicyclic) bond motifs is 1. The van der Waals surface area contributed by atoms with E-state index in [0.717, 1.165) is 61.3 Å². The van der Waals surface area contributed by atoms with E-state index in [0.29, 0.717) is 24.3 Å². The van der Waals surface area contributed by atoms with Crippen LogP contribution >= 0.6 is 11.8 Å². The summed E-state index contributed by atoms with van der Waals surface area (Å²) in [6.45, 7) is 4.68. The minimum absolute atomic E-state index is 0.0395. The maximum atomic E-state index is 12.8. The fraction of sp³-hybridized carbons (Fsp3) is 0.321. The lowest BCUT2D eigenvalue weighted by Gasteiger charge is -2.30. The van der Waals surface area contributed by atoms with Gasteiger partial charge < -0.3 is 14.5 Å². The first-order valence-corrected chi connectivity index (χ1v) is 13.3. The summed E-state index contributed by atoms with van der Waals surface area (Å²) < 4.78 is 5.54. The van der Waals surface area contributed by atoms with Gasteiger partial charge in [0.2, 0.25) is 0 Å². The molecule has 2 aliphatic rings. The number of amides is 1. The molecule has 3 aromatic rings. The number of anilines is 1. The molecule has 1 amide bonds. The number of morpholine rings is 1. The molecule has 0 atom stereocenters. The lowest BCUT2D eigenvalue weighted by molar-refractivity contribution is 0.0792. The smallest absolute Gasteiger partial charge is 0.253 e. The van der Waals surface area contributed by atoms with E-state index >= 15 is 0 Å². The third-order valence-corrected chi connectivity index (χ3v) is 7.31. The average Bonchev–Trinajstić information content (AvgIpc) is 3.46. The molecule has 1 aromatic heterocycles. The zero-order chi connectivity index (χ0) is 24.2. The van der Waals surface area contributed by atoms with Crippen molar-refractivity contribution in [3.63, 3.8) is 0 Å². The van der Waals surface area contributed by atoms with Crippen molar-refractivity contribution in [1.29, 1.82) is 0 Å². The fourth-order valence-electron chi connectivity index (χ4n) is 4.62. The van der Waals surface area contributed by atoms with Crippen LogP contribution in [0.25, 0.3) is 17.0 Å². The van der Waals surface area contributed by atoms with Crippen LogP contribution in [0.4, 0.5) is 5.69 Å². The second kappa shape index (κ2) is 10.6. The molecule has 0 saturated carbocycles. The van der Waals surface area contributed by atoms with Crippen molar-refractivity contribution in [1.82, 2.24) is 9.88 Å². The molecule has 0 aliphatic carbocycles. The number of benzene rings is 2. The minimum Gasteiger partial charge on any atom is -0.378 e. The van der Waals surface area contributed by atoms with Gasteiger partial charge in [-0.3, -0.25) is 9.59 Å². The normalized spacial score (nSPS) is 16.4. The Kier molecular flexibility index (Phi) is 7.16. The van der Waals surface area contributed by atoms with E-state index in [1.165, 1.54) is 4.90 Å². The largest absolute Gasteiger partial charge is 0.378 e. The predicted molar refractivity (Wildman–Crippen MR) is 141 cm³/mol. The number of carbonyl (C=O) groups excluding carboxylic acids is 2. The zero-order valence-corrected chi connectivity index (χ0v) is 20.7. The van der Waals surface area contributed by atoms with Gasteiger partial charge in [0.25, 0.3) is 5.91 Å². The number of pyridine rings is 1. The second-order valence-corrected chi connectivity index (χ2v) is 9.70. The maximum Gasteiger partial charge on any atom is 0.253 e. The van der Waals surface area contributed by atoms with E-state index in [2.05, 4.69) is 29.4 Å². The van der Waals surface area contributed by atoms with E-state index in [4.69, 9.17) is 9.72 Å². The summed E-state index contributed by atoms with van der Waals surface area (Å²) in [7, 11) is 0. The Bertz CT molecular complexity index is 1260. The summed E-state index contributed by atoms with van der Waals surface area (Å²) in [5, 5.41) is 1.11. The number of rotatable bonds is 6. The van der Waals surface area contributed by atoms with Crippen molar-refractivity contribution >= 4 is 46.1 Å². The van der Waals surface area contributed by atoms with Gasteiger partial charge in [-0.05, 0) is 67.6 Å². The Labute approximate surface area is 210 Å². The molecule has 0 radical (unpaired) electrons. The third-order valence-electron chi connectivity index (χ3n) is 6.58. The van der Waals surface area contributed by atoms with Crippen LogP contribution < -0.4 is 4.90 Å². The number of carbonyl (C=O) groups is 2. The summed E-state index contributed by atoms with van der Waals surface area (Å²) in [4.78, 5) is 35.6. The lowest BCUT2D eigenvalue weighted by Crippen LogP contribution is -2.36. The quantitative estimate of drug-likeness (QED) is 0.279. The zero-order valence-electron chi connectivity index (χ0n) is 19.9. The van der Waals surface area contributed by atoms with Crippen molar-refractivity contribution in [2.24, 2.45) is 0 Å². The molecule has 2 fully saturated rings. The molecule has 7 heteroatoms. The summed E-state index contributed by atoms with van der Waals surface area (Å²) >= 11 is 1.71. The SMILES string of the molecule is CSc1ccc2nc(C=CC(=O)c3ccc(C(=O)N4CCCC4)cc3)cc(N3CCOCC3)c2c1. The molecule has 0 unspecified atom stereocenters. The van der Waals surface area contributed by atoms with E-state index in [1.807, 2.05) is 11.0 Å². The first-order valence-electron chi connectivity index (χ1n) is 12.1. The maximum absolute atomic E-state index is 12.8. The number of ether oxygens (including phenoxy) is 1. The Balaban J connectivity index is 1.38. The number of allylic oxidation sites excluding steroid dienone is 1. The van der Waals surface area contributed by atoms with Gasteiger partial charge in [0.1, 0.15) is 0 Å². The summed E-state index contributed by atoms with van der Waals surface area (Å²) in [6, 6.07) is 15.3. The van der Waals surface area contributed by atoms with Gasteiger partial charge in [-0.2, -0.15) is 0 Å². The molecule has 0 bridgehead atoms. The van der Waals surface area contributed by atoms with Crippen molar-refractivity contribution in [2.75, 3.05) is 50.5 Å². The highest BCUT2D eigenvalue weighted by atomic mass is 32.2. The monoisotopic (exact) mass is 487 g/mol. The highest BCUT2D eigenvalue weighted by Crippen LogP contribution is 2.31. The van der Waals surface area contributed by atoms with Crippen molar-refractivity contribution in [3.8, 4) is 0 Å². The molecule has 35 heavy (non-hydrogen) atoms. The molecule has 2 saturated heterocycles. The Morgan fingerprint density at radius 2 is 1.66 bits per heavy atom. The van der Waals surface area contributed by atoms with Gasteiger partial charge in [-0.15, -0.1) is 11.8 Å². The fourth-order valence-corrected chi connectivity index (χ4v) is 5.06. The van der Waals surface area contributed by atoms with Crippen LogP contribution in [0.2, 0.25) is 0 Å². The summed E-state index contributed by atoms with van der Waals surface area (Å²) in [5.74, 6) is -0.0737. The number of aromatic nitrogens is 1. The van der Waals surface area contributed by atoms with E-state index in [9.17, 15) is 9.59 Å². The number of thioether (sulfide) groups is 1. The van der Waals surface area contributed by atoms with Crippen LogP contribution in [0.15, 0.2) is 59.5 Å². The van der Waals surface area contributed by atoms with Crippen molar-refractivity contribution < 1.29 is 14.3 Å². The third kappa shape index (κ3) is 5.26. The molecular formula is C28H29N3O3S. The molecular weight excluding hydrogens is 458 g/mol. The lowest BCUT2D eigenvalue weighted by atomic mass is 10.1. The van der Waals surface area contributed by atoms with Crippen LogP contribution in [0.3, 0.4) is 0 Å². The Hall–Kier alpha value is -3.16. The molecule has 180 valence electrons. The number of ketones is 1. The number of hydrogen-bond acceptors (Lipinski definition) is 6. The van der Waals surface area contributed by atoms with E-state index in [1.54, 1.807) is 48.2 Å². The minimum atomic E-state index is -0.113. The van der Waals surface area contributed by atoms with E-state index < -0.39 is 0 Å². The highest BCUT2D eigenvalue weighted by Gasteiger charge is 2.20. The summed E-state index contributed by atoms with van der Waals surface area (Å²) in [5.41, 5.74) is 3.95. The number of likely N-dealkylation sites (tertiary alicyclic amines) is 1. The first-order chi connectivity index (χ1) is 17.1. The van der Waals surface area contributed by atoms with E-state index in [-0.39, 0.29) is 11.7 Å². The molecule has 6 nitrogen and oxygen atoms in total. The Morgan fingerprint density at radius 1 is 0.943 bits per heavy atom. The van der Waals surface area contributed by atoms with Gasteiger partial charge in [0, 0.05) is 53.3 Å². The molecule has 3 heterocycles. The average molecular weight is 488 g/mol. The molecule has 0 spiro atoms. The van der Waals surface area contributed by atoms with Gasteiger partial charge in [-0.1, -0.05) is 12.1 Å².